The third-order valence-corrected chi connectivity index (χ3v) is 5.67. The first-order chi connectivity index (χ1) is 12.3. The second-order valence-corrected chi connectivity index (χ2v) is 7.78. The van der Waals surface area contributed by atoms with E-state index < -0.39 is 21.4 Å². The monoisotopic (exact) mass is 380 g/mol. The van der Waals surface area contributed by atoms with E-state index in [1.54, 1.807) is 7.05 Å². The Morgan fingerprint density at radius 3 is 2.85 bits per heavy atom. The molecule has 0 unspecified atom stereocenters. The molecule has 0 bridgehead atoms. The predicted molar refractivity (Wildman–Crippen MR) is 90.5 cm³/mol. The van der Waals surface area contributed by atoms with E-state index in [4.69, 9.17) is 9.47 Å². The van der Waals surface area contributed by atoms with Crippen molar-refractivity contribution in [2.45, 2.75) is 10.6 Å². The van der Waals surface area contributed by atoms with Crippen molar-refractivity contribution < 1.29 is 27.1 Å². The summed E-state index contributed by atoms with van der Waals surface area (Å²) in [5.41, 5.74) is 0.492. The number of hydrogen-bond acceptors (Lipinski definition) is 6. The minimum atomic E-state index is -3.92. The molecule has 9 heteroatoms. The van der Waals surface area contributed by atoms with Gasteiger partial charge >= 0.3 is 0 Å². The number of halogens is 1. The first kappa shape index (κ1) is 18.1. The molecular formula is C17H17FN2O5S. The number of ether oxygens (including phenoxy) is 2. The molecule has 138 valence electrons. The molecule has 0 N–H and O–H groups in total. The second-order valence-electron chi connectivity index (χ2n) is 5.83. The van der Waals surface area contributed by atoms with Gasteiger partial charge in [0.05, 0.1) is 19.4 Å². The van der Waals surface area contributed by atoms with E-state index in [2.05, 4.69) is 4.98 Å². The number of carbonyl (C=O) groups is 1. The third-order valence-electron chi connectivity index (χ3n) is 3.97. The lowest BCUT2D eigenvalue weighted by atomic mass is 10.2. The van der Waals surface area contributed by atoms with Crippen LogP contribution in [-0.2, 0) is 15.6 Å². The smallest absolute Gasteiger partial charge is 0.259 e. The van der Waals surface area contributed by atoms with Crippen LogP contribution in [-0.4, -0.2) is 51.5 Å². The number of benzene rings is 1. The van der Waals surface area contributed by atoms with Gasteiger partial charge in [-0.1, -0.05) is 0 Å². The van der Waals surface area contributed by atoms with E-state index in [9.17, 15) is 17.6 Å². The molecule has 0 spiro atoms. The number of fused-ring (bicyclic) bond motifs is 1. The molecular weight excluding hydrogens is 363 g/mol. The molecule has 1 aromatic carbocycles. The van der Waals surface area contributed by atoms with Crippen molar-refractivity contribution in [2.75, 3.05) is 27.3 Å². The van der Waals surface area contributed by atoms with Gasteiger partial charge in [0.2, 0.25) is 5.88 Å². The summed E-state index contributed by atoms with van der Waals surface area (Å²) in [4.78, 5) is 17.6. The number of aromatic nitrogens is 1. The maximum atomic E-state index is 13.5. The highest BCUT2D eigenvalue weighted by atomic mass is 32.2. The Labute approximate surface area is 150 Å². The van der Waals surface area contributed by atoms with Crippen LogP contribution in [0.25, 0.3) is 0 Å². The molecule has 1 amide bonds. The average Bonchev–Trinajstić information content (AvgIpc) is 2.74. The number of carbonyl (C=O) groups excluding carboxylic acids is 1. The zero-order valence-corrected chi connectivity index (χ0v) is 15.0. The number of amides is 1. The molecule has 0 saturated heterocycles. The van der Waals surface area contributed by atoms with Gasteiger partial charge in [0.1, 0.15) is 28.6 Å². The standard InChI is InChI=1S/C17H17FN2O5S/c1-20-5-6-25-16-13(17(20)21)7-11(9-19-16)10-26(22,23)15-8-12(18)3-4-14(15)24-2/h3-4,7-9H,5-6,10H2,1-2H3. The Hall–Kier alpha value is -2.68. The lowest BCUT2D eigenvalue weighted by molar-refractivity contribution is 0.0796. The van der Waals surface area contributed by atoms with Gasteiger partial charge in [0, 0.05) is 13.2 Å². The molecule has 0 aliphatic carbocycles. The zero-order valence-electron chi connectivity index (χ0n) is 14.2. The fraction of sp³-hybridized carbons (Fsp3) is 0.294. The normalized spacial score (nSPS) is 14.4. The number of hydrogen-bond donors (Lipinski definition) is 0. The van der Waals surface area contributed by atoms with E-state index in [1.165, 1.54) is 30.3 Å². The van der Waals surface area contributed by atoms with Gasteiger partial charge in [-0.2, -0.15) is 0 Å². The average molecular weight is 380 g/mol. The fourth-order valence-corrected chi connectivity index (χ4v) is 4.12. The van der Waals surface area contributed by atoms with Crippen molar-refractivity contribution in [1.29, 1.82) is 0 Å². The van der Waals surface area contributed by atoms with Crippen molar-refractivity contribution in [3.05, 3.63) is 47.4 Å². The van der Waals surface area contributed by atoms with Crippen LogP contribution in [0.2, 0.25) is 0 Å². The van der Waals surface area contributed by atoms with Crippen LogP contribution < -0.4 is 9.47 Å². The van der Waals surface area contributed by atoms with E-state index in [0.29, 0.717) is 18.7 Å². The van der Waals surface area contributed by atoms with Gasteiger partial charge in [-0.3, -0.25) is 4.79 Å². The minimum absolute atomic E-state index is 0.0493. The second kappa shape index (κ2) is 6.91. The van der Waals surface area contributed by atoms with Crippen molar-refractivity contribution in [2.24, 2.45) is 0 Å². The Bertz CT molecular complexity index is 962. The van der Waals surface area contributed by atoms with Gasteiger partial charge in [-0.15, -0.1) is 0 Å². The first-order valence-electron chi connectivity index (χ1n) is 7.75. The number of pyridine rings is 1. The molecule has 0 fully saturated rings. The van der Waals surface area contributed by atoms with Crippen LogP contribution >= 0.6 is 0 Å². The maximum Gasteiger partial charge on any atom is 0.259 e. The Morgan fingerprint density at radius 2 is 2.12 bits per heavy atom. The fourth-order valence-electron chi connectivity index (χ4n) is 2.62. The first-order valence-corrected chi connectivity index (χ1v) is 9.40. The van der Waals surface area contributed by atoms with Crippen molar-refractivity contribution in [3.63, 3.8) is 0 Å². The lowest BCUT2D eigenvalue weighted by Crippen LogP contribution is -2.27. The van der Waals surface area contributed by atoms with Crippen molar-refractivity contribution in [3.8, 4) is 11.6 Å². The van der Waals surface area contributed by atoms with Crippen molar-refractivity contribution >= 4 is 15.7 Å². The van der Waals surface area contributed by atoms with Crippen LogP contribution in [0, 0.1) is 5.82 Å². The molecule has 1 aromatic heterocycles. The molecule has 2 heterocycles. The maximum absolute atomic E-state index is 13.5. The summed E-state index contributed by atoms with van der Waals surface area (Å²) in [6.45, 7) is 0.712. The van der Waals surface area contributed by atoms with Crippen LogP contribution in [0.4, 0.5) is 4.39 Å². The summed E-state index contributed by atoms with van der Waals surface area (Å²) >= 11 is 0. The molecule has 3 rings (SSSR count). The zero-order chi connectivity index (χ0) is 18.9. The summed E-state index contributed by atoms with van der Waals surface area (Å²) in [6, 6.07) is 4.72. The molecule has 0 saturated carbocycles. The summed E-state index contributed by atoms with van der Waals surface area (Å²) in [5.74, 6) is -1.22. The van der Waals surface area contributed by atoms with Crippen LogP contribution in [0.1, 0.15) is 15.9 Å². The number of likely N-dealkylation sites (N-methyl/N-ethyl adjacent to an activating group) is 1. The molecule has 7 nitrogen and oxygen atoms in total. The van der Waals surface area contributed by atoms with E-state index >= 15 is 0 Å². The number of rotatable bonds is 4. The highest BCUT2D eigenvalue weighted by Crippen LogP contribution is 2.29. The molecule has 0 atom stereocenters. The van der Waals surface area contributed by atoms with Gasteiger partial charge in [0.15, 0.2) is 9.84 Å². The number of sulfone groups is 1. The van der Waals surface area contributed by atoms with E-state index in [1.807, 2.05) is 0 Å². The summed E-state index contributed by atoms with van der Waals surface area (Å²) in [5, 5.41) is 0. The predicted octanol–water partition coefficient (Wildman–Crippen LogP) is 1.67. The van der Waals surface area contributed by atoms with E-state index in [-0.39, 0.29) is 28.0 Å². The summed E-state index contributed by atoms with van der Waals surface area (Å²) in [7, 11) is -0.982. The Balaban J connectivity index is 1.98. The van der Waals surface area contributed by atoms with Gasteiger partial charge in [-0.25, -0.2) is 17.8 Å². The molecule has 26 heavy (non-hydrogen) atoms. The molecule has 0 radical (unpaired) electrons. The molecule has 2 aromatic rings. The largest absolute Gasteiger partial charge is 0.495 e. The third kappa shape index (κ3) is 3.48. The van der Waals surface area contributed by atoms with E-state index in [0.717, 1.165) is 12.1 Å². The number of methoxy groups -OCH3 is 1. The van der Waals surface area contributed by atoms with Crippen LogP contribution in [0.3, 0.4) is 0 Å². The Kier molecular flexibility index (Phi) is 4.82. The number of nitrogens with zero attached hydrogens (tertiary/aromatic N) is 2. The Morgan fingerprint density at radius 1 is 1.35 bits per heavy atom. The minimum Gasteiger partial charge on any atom is -0.495 e. The highest BCUT2D eigenvalue weighted by molar-refractivity contribution is 7.90. The lowest BCUT2D eigenvalue weighted by Gasteiger charge is -2.13. The topological polar surface area (TPSA) is 85.8 Å². The van der Waals surface area contributed by atoms with Crippen molar-refractivity contribution in [1.82, 2.24) is 9.88 Å². The van der Waals surface area contributed by atoms with Crippen LogP contribution in [0.15, 0.2) is 35.4 Å². The summed E-state index contributed by atoms with van der Waals surface area (Å²) < 4.78 is 49.4. The molecule has 1 aliphatic rings. The van der Waals surface area contributed by atoms with Crippen LogP contribution in [0.5, 0.6) is 11.6 Å². The quantitative estimate of drug-likeness (QED) is 0.802. The molecule has 1 aliphatic heterocycles. The van der Waals surface area contributed by atoms with Gasteiger partial charge < -0.3 is 14.4 Å². The summed E-state index contributed by atoms with van der Waals surface area (Å²) in [6.07, 6.45) is 1.33. The van der Waals surface area contributed by atoms with Gasteiger partial charge in [0.25, 0.3) is 5.91 Å². The SMILES string of the molecule is COc1ccc(F)cc1S(=O)(=O)Cc1cnc2c(c1)C(=O)N(C)CCO2. The van der Waals surface area contributed by atoms with Gasteiger partial charge in [-0.05, 0) is 29.8 Å². The highest BCUT2D eigenvalue weighted by Gasteiger charge is 2.25.